The number of primary sulfonamides is 1. The number of nitrogens with two attached hydrogens (primary N) is 1. The predicted octanol–water partition coefficient (Wildman–Crippen LogP) is 1.82. The normalized spacial score (nSPS) is 11.4. The van der Waals surface area contributed by atoms with E-state index in [0.29, 0.717) is 0 Å². The fourth-order valence-electron chi connectivity index (χ4n) is 1.80. The van der Waals surface area contributed by atoms with E-state index in [1.807, 2.05) is 12.1 Å². The van der Waals surface area contributed by atoms with Crippen molar-refractivity contribution in [2.75, 3.05) is 0 Å². The number of rotatable bonds is 4. The van der Waals surface area contributed by atoms with Gasteiger partial charge in [-0.3, -0.25) is 0 Å². The Morgan fingerprint density at radius 2 is 1.26 bits per heavy atom. The summed E-state index contributed by atoms with van der Waals surface area (Å²) in [6.07, 6.45) is 1.63. The predicted molar refractivity (Wildman–Crippen MR) is 73.3 cm³/mol. The monoisotopic (exact) mass is 277 g/mol. The summed E-state index contributed by atoms with van der Waals surface area (Å²) >= 11 is 0. The molecule has 2 aromatic rings. The summed E-state index contributed by atoms with van der Waals surface area (Å²) in [7, 11) is -3.62. The van der Waals surface area contributed by atoms with Gasteiger partial charge < -0.3 is 5.11 Å². The van der Waals surface area contributed by atoms with Crippen molar-refractivity contribution in [2.24, 2.45) is 5.14 Å². The Morgan fingerprint density at radius 3 is 1.68 bits per heavy atom. The van der Waals surface area contributed by atoms with Gasteiger partial charge in [0.05, 0.1) is 4.90 Å². The molecule has 0 bridgehead atoms. The lowest BCUT2D eigenvalue weighted by Gasteiger charge is -2.04. The van der Waals surface area contributed by atoms with Gasteiger partial charge >= 0.3 is 0 Å². The van der Waals surface area contributed by atoms with E-state index in [2.05, 4.69) is 0 Å². The van der Waals surface area contributed by atoms with E-state index in [1.54, 1.807) is 24.3 Å². The third kappa shape index (κ3) is 3.81. The van der Waals surface area contributed by atoms with Crippen LogP contribution in [0.2, 0.25) is 0 Å². The third-order valence-corrected chi connectivity index (χ3v) is 3.82. The van der Waals surface area contributed by atoms with Crippen molar-refractivity contribution in [1.29, 1.82) is 0 Å². The van der Waals surface area contributed by atoms with Crippen LogP contribution in [-0.2, 0) is 22.9 Å². The number of phenolic OH excluding ortho intramolecular Hbond substituents is 1. The summed E-state index contributed by atoms with van der Waals surface area (Å²) in [5, 5.41) is 14.2. The van der Waals surface area contributed by atoms with Crippen molar-refractivity contribution in [2.45, 2.75) is 17.7 Å². The first-order valence-electron chi connectivity index (χ1n) is 5.85. The van der Waals surface area contributed by atoms with Crippen molar-refractivity contribution < 1.29 is 13.5 Å². The number of hydrogen-bond acceptors (Lipinski definition) is 3. The van der Waals surface area contributed by atoms with Crippen LogP contribution >= 0.6 is 0 Å². The highest BCUT2D eigenvalue weighted by atomic mass is 32.2. The smallest absolute Gasteiger partial charge is 0.238 e. The molecule has 4 nitrogen and oxygen atoms in total. The van der Waals surface area contributed by atoms with E-state index in [4.69, 9.17) is 5.14 Å². The van der Waals surface area contributed by atoms with Crippen LogP contribution in [0, 0.1) is 0 Å². The molecule has 0 radical (unpaired) electrons. The fourth-order valence-corrected chi connectivity index (χ4v) is 2.31. The molecule has 0 saturated heterocycles. The van der Waals surface area contributed by atoms with Crippen LogP contribution < -0.4 is 5.14 Å². The molecule has 5 heteroatoms. The van der Waals surface area contributed by atoms with Crippen molar-refractivity contribution in [1.82, 2.24) is 0 Å². The van der Waals surface area contributed by atoms with Crippen molar-refractivity contribution >= 4 is 10.0 Å². The minimum Gasteiger partial charge on any atom is -0.508 e. The molecule has 0 atom stereocenters. The van der Waals surface area contributed by atoms with Gasteiger partial charge in [-0.1, -0.05) is 24.3 Å². The highest BCUT2D eigenvalue weighted by Crippen LogP contribution is 2.14. The molecule has 0 aromatic heterocycles. The summed E-state index contributed by atoms with van der Waals surface area (Å²) in [4.78, 5) is 0.126. The molecule has 3 N–H and O–H groups in total. The topological polar surface area (TPSA) is 80.4 Å². The number of benzene rings is 2. The number of sulfonamides is 1. The molecule has 19 heavy (non-hydrogen) atoms. The fraction of sp³-hybridized carbons (Fsp3) is 0.143. The number of phenols is 1. The maximum atomic E-state index is 11.1. The van der Waals surface area contributed by atoms with Crippen LogP contribution in [-0.4, -0.2) is 13.5 Å². The molecule has 0 aliphatic rings. The van der Waals surface area contributed by atoms with Crippen LogP contribution in [0.15, 0.2) is 53.4 Å². The summed E-state index contributed by atoms with van der Waals surface area (Å²) < 4.78 is 22.2. The second-order valence-corrected chi connectivity index (χ2v) is 5.92. The van der Waals surface area contributed by atoms with Gasteiger partial charge in [0.25, 0.3) is 0 Å². The second-order valence-electron chi connectivity index (χ2n) is 4.36. The lowest BCUT2D eigenvalue weighted by Crippen LogP contribution is -2.11. The van der Waals surface area contributed by atoms with Crippen molar-refractivity contribution in [3.05, 3.63) is 59.7 Å². The molecule has 0 aliphatic heterocycles. The lowest BCUT2D eigenvalue weighted by molar-refractivity contribution is 0.475. The molecule has 0 aliphatic carbocycles. The highest BCUT2D eigenvalue weighted by Gasteiger charge is 2.06. The van der Waals surface area contributed by atoms with Gasteiger partial charge in [-0.15, -0.1) is 0 Å². The van der Waals surface area contributed by atoms with E-state index in [9.17, 15) is 13.5 Å². The van der Waals surface area contributed by atoms with Crippen molar-refractivity contribution in [3.63, 3.8) is 0 Å². The second kappa shape index (κ2) is 5.42. The zero-order valence-electron chi connectivity index (χ0n) is 10.3. The van der Waals surface area contributed by atoms with Gasteiger partial charge in [0, 0.05) is 0 Å². The Balaban J connectivity index is 2.02. The Morgan fingerprint density at radius 1 is 0.842 bits per heavy atom. The van der Waals surface area contributed by atoms with E-state index >= 15 is 0 Å². The Bertz CT molecular complexity index is 646. The summed E-state index contributed by atoms with van der Waals surface area (Å²) in [5.41, 5.74) is 2.16. The minimum absolute atomic E-state index is 0.126. The standard InChI is InChI=1S/C14H15NO3S/c15-19(17,18)14-9-5-12(6-10-14)2-1-11-3-7-13(16)8-4-11/h3-10,16H,1-2H2,(H2,15,17,18). The molecule has 0 saturated carbocycles. The average Bonchev–Trinajstić information content (AvgIpc) is 2.37. The molecule has 2 rings (SSSR count). The van der Waals surface area contributed by atoms with Crippen molar-refractivity contribution in [3.8, 4) is 5.75 Å². The zero-order valence-corrected chi connectivity index (χ0v) is 11.1. The maximum absolute atomic E-state index is 11.1. The van der Waals surface area contributed by atoms with Gasteiger partial charge in [0.2, 0.25) is 10.0 Å². The largest absolute Gasteiger partial charge is 0.508 e. The van der Waals surface area contributed by atoms with Gasteiger partial charge in [-0.2, -0.15) is 0 Å². The van der Waals surface area contributed by atoms with E-state index in [0.717, 1.165) is 24.0 Å². The van der Waals surface area contributed by atoms with E-state index in [-0.39, 0.29) is 10.6 Å². The lowest BCUT2D eigenvalue weighted by atomic mass is 10.0. The van der Waals surface area contributed by atoms with Gasteiger partial charge in [-0.05, 0) is 48.2 Å². The Labute approximate surface area is 112 Å². The van der Waals surface area contributed by atoms with Crippen LogP contribution in [0.4, 0.5) is 0 Å². The minimum atomic E-state index is -3.62. The van der Waals surface area contributed by atoms with Crippen LogP contribution in [0.1, 0.15) is 11.1 Å². The van der Waals surface area contributed by atoms with Gasteiger partial charge in [0.15, 0.2) is 0 Å². The molecular formula is C14H15NO3S. The zero-order chi connectivity index (χ0) is 13.9. The molecule has 0 amide bonds. The van der Waals surface area contributed by atoms with Crippen LogP contribution in [0.3, 0.4) is 0 Å². The molecule has 0 heterocycles. The molecule has 100 valence electrons. The average molecular weight is 277 g/mol. The van der Waals surface area contributed by atoms with Crippen LogP contribution in [0.5, 0.6) is 5.75 Å². The molecule has 0 spiro atoms. The first-order valence-corrected chi connectivity index (χ1v) is 7.39. The van der Waals surface area contributed by atoms with Crippen LogP contribution in [0.25, 0.3) is 0 Å². The highest BCUT2D eigenvalue weighted by molar-refractivity contribution is 7.89. The molecule has 2 aromatic carbocycles. The third-order valence-electron chi connectivity index (χ3n) is 2.89. The first kappa shape index (κ1) is 13.6. The number of hydrogen-bond donors (Lipinski definition) is 2. The maximum Gasteiger partial charge on any atom is 0.238 e. The Kier molecular flexibility index (Phi) is 3.87. The first-order chi connectivity index (χ1) is 8.95. The number of aromatic hydroxyl groups is 1. The summed E-state index contributed by atoms with van der Waals surface area (Å²) in [5.74, 6) is 0.251. The van der Waals surface area contributed by atoms with E-state index < -0.39 is 10.0 Å². The van der Waals surface area contributed by atoms with E-state index in [1.165, 1.54) is 12.1 Å². The summed E-state index contributed by atoms with van der Waals surface area (Å²) in [6.45, 7) is 0. The Hall–Kier alpha value is -1.85. The summed E-state index contributed by atoms with van der Waals surface area (Å²) in [6, 6.07) is 13.6. The molecule has 0 unspecified atom stereocenters. The molecule has 0 fully saturated rings. The van der Waals surface area contributed by atoms with Gasteiger partial charge in [-0.25, -0.2) is 13.6 Å². The number of aryl methyl sites for hydroxylation is 2. The molecular weight excluding hydrogens is 262 g/mol. The SMILES string of the molecule is NS(=O)(=O)c1ccc(CCc2ccc(O)cc2)cc1. The van der Waals surface area contributed by atoms with Gasteiger partial charge in [0.1, 0.15) is 5.75 Å². The quantitative estimate of drug-likeness (QED) is 0.894.